The van der Waals surface area contributed by atoms with Crippen molar-refractivity contribution in [2.75, 3.05) is 7.11 Å². The van der Waals surface area contributed by atoms with E-state index in [-0.39, 0.29) is 0 Å². The lowest BCUT2D eigenvalue weighted by Gasteiger charge is -1.92. The van der Waals surface area contributed by atoms with Crippen LogP contribution in [-0.2, 0) is 4.74 Å². The highest BCUT2D eigenvalue weighted by Crippen LogP contribution is 2.10. The predicted octanol–water partition coefficient (Wildman–Crippen LogP) is 2.46. The average molecular weight is 214 g/mol. The van der Waals surface area contributed by atoms with Gasteiger partial charge in [-0.05, 0) is 33.6 Å². The highest BCUT2D eigenvalue weighted by Gasteiger charge is 1.88. The van der Waals surface area contributed by atoms with E-state index in [1.807, 2.05) is 12.1 Å². The Bertz CT molecular complexity index is 260. The minimum atomic E-state index is 0.968. The van der Waals surface area contributed by atoms with E-state index in [4.69, 9.17) is 4.74 Å². The van der Waals surface area contributed by atoms with Crippen LogP contribution in [0.2, 0.25) is 0 Å². The molecule has 0 aromatic carbocycles. The Balaban J connectivity index is 2.79. The number of hydrogen-bond acceptors (Lipinski definition) is 2. The lowest BCUT2D eigenvalue weighted by Crippen LogP contribution is -1.76. The second-order valence-corrected chi connectivity index (χ2v) is 2.89. The highest BCUT2D eigenvalue weighted by atomic mass is 79.9. The van der Waals surface area contributed by atoms with Gasteiger partial charge in [0.1, 0.15) is 0 Å². The Morgan fingerprint density at radius 3 is 3.00 bits per heavy atom. The van der Waals surface area contributed by atoms with Crippen molar-refractivity contribution >= 4 is 22.0 Å². The Labute approximate surface area is 74.0 Å². The van der Waals surface area contributed by atoms with Crippen molar-refractivity contribution in [3.63, 3.8) is 0 Å². The summed E-state index contributed by atoms with van der Waals surface area (Å²) in [6, 6.07) is 1.96. The van der Waals surface area contributed by atoms with Crippen LogP contribution >= 0.6 is 15.9 Å². The number of methoxy groups -OCH3 is 1. The molecule has 11 heavy (non-hydrogen) atoms. The maximum Gasteiger partial charge on any atom is 0.0831 e. The third-order valence-corrected chi connectivity index (χ3v) is 1.56. The van der Waals surface area contributed by atoms with E-state index in [1.54, 1.807) is 25.8 Å². The van der Waals surface area contributed by atoms with Gasteiger partial charge in [0.15, 0.2) is 0 Å². The van der Waals surface area contributed by atoms with Gasteiger partial charge in [-0.25, -0.2) is 0 Å². The first-order valence-electron chi connectivity index (χ1n) is 3.13. The van der Waals surface area contributed by atoms with Crippen molar-refractivity contribution in [3.8, 4) is 0 Å². The highest BCUT2D eigenvalue weighted by molar-refractivity contribution is 9.10. The number of aromatic nitrogens is 1. The van der Waals surface area contributed by atoms with Crippen molar-refractivity contribution in [3.05, 3.63) is 34.8 Å². The van der Waals surface area contributed by atoms with Crippen LogP contribution in [0.25, 0.3) is 6.08 Å². The van der Waals surface area contributed by atoms with E-state index in [9.17, 15) is 0 Å². The van der Waals surface area contributed by atoms with Gasteiger partial charge >= 0.3 is 0 Å². The smallest absolute Gasteiger partial charge is 0.0831 e. The molecule has 0 saturated heterocycles. The van der Waals surface area contributed by atoms with Crippen LogP contribution in [-0.4, -0.2) is 12.1 Å². The lowest BCUT2D eigenvalue weighted by atomic mass is 10.3. The number of ether oxygens (including phenoxy) is 1. The molecule has 0 amide bonds. The zero-order valence-electron chi connectivity index (χ0n) is 6.12. The molecule has 0 bridgehead atoms. The quantitative estimate of drug-likeness (QED) is 0.705. The maximum atomic E-state index is 4.76. The van der Waals surface area contributed by atoms with Crippen LogP contribution in [0.4, 0.5) is 0 Å². The minimum Gasteiger partial charge on any atom is -0.504 e. The van der Waals surface area contributed by atoms with Crippen LogP contribution in [0, 0.1) is 0 Å². The molecule has 2 nitrogen and oxygen atoms in total. The molecule has 0 aliphatic heterocycles. The summed E-state index contributed by atoms with van der Waals surface area (Å²) in [4.78, 5) is 3.98. The number of pyridine rings is 1. The second kappa shape index (κ2) is 4.13. The fourth-order valence-corrected chi connectivity index (χ4v) is 1.05. The minimum absolute atomic E-state index is 0.968. The second-order valence-electron chi connectivity index (χ2n) is 1.97. The maximum absolute atomic E-state index is 4.76. The summed E-state index contributed by atoms with van der Waals surface area (Å²) in [5.74, 6) is 0. The van der Waals surface area contributed by atoms with Crippen LogP contribution in [0.15, 0.2) is 29.2 Å². The molecule has 0 radical (unpaired) electrons. The number of nitrogens with zero attached hydrogens (tertiary/aromatic N) is 1. The lowest BCUT2D eigenvalue weighted by molar-refractivity contribution is 0.341. The summed E-state index contributed by atoms with van der Waals surface area (Å²) in [6.45, 7) is 0. The normalized spacial score (nSPS) is 10.4. The molecule has 0 spiro atoms. The van der Waals surface area contributed by atoms with Gasteiger partial charge in [0.05, 0.1) is 13.4 Å². The fourth-order valence-electron chi connectivity index (χ4n) is 0.666. The monoisotopic (exact) mass is 213 g/mol. The van der Waals surface area contributed by atoms with Crippen molar-refractivity contribution in [2.45, 2.75) is 0 Å². The molecular formula is C8H8BrNO. The van der Waals surface area contributed by atoms with Gasteiger partial charge in [0.2, 0.25) is 0 Å². The molecule has 1 rings (SSSR count). The van der Waals surface area contributed by atoms with Crippen LogP contribution in [0.3, 0.4) is 0 Å². The molecule has 0 fully saturated rings. The zero-order valence-corrected chi connectivity index (χ0v) is 7.71. The molecule has 1 aromatic heterocycles. The van der Waals surface area contributed by atoms with Crippen molar-refractivity contribution < 1.29 is 4.74 Å². The third kappa shape index (κ3) is 2.72. The first-order chi connectivity index (χ1) is 5.33. The van der Waals surface area contributed by atoms with Gasteiger partial charge in [-0.1, -0.05) is 0 Å². The number of hydrogen-bond donors (Lipinski definition) is 0. The predicted molar refractivity (Wildman–Crippen MR) is 48.0 cm³/mol. The summed E-state index contributed by atoms with van der Waals surface area (Å²) in [6.07, 6.45) is 6.96. The molecule has 0 atom stereocenters. The van der Waals surface area contributed by atoms with E-state index in [0.29, 0.717) is 0 Å². The Morgan fingerprint density at radius 1 is 1.55 bits per heavy atom. The summed E-state index contributed by atoms with van der Waals surface area (Å²) < 4.78 is 5.73. The van der Waals surface area contributed by atoms with Gasteiger partial charge in [0.25, 0.3) is 0 Å². The average Bonchev–Trinajstić information content (AvgIpc) is 2.01. The topological polar surface area (TPSA) is 22.1 Å². The molecule has 0 saturated carbocycles. The van der Waals surface area contributed by atoms with Crippen molar-refractivity contribution in [2.24, 2.45) is 0 Å². The third-order valence-electron chi connectivity index (χ3n) is 1.12. The summed E-state index contributed by atoms with van der Waals surface area (Å²) in [5, 5.41) is 0. The van der Waals surface area contributed by atoms with E-state index < -0.39 is 0 Å². The summed E-state index contributed by atoms with van der Waals surface area (Å²) >= 11 is 3.32. The summed E-state index contributed by atoms with van der Waals surface area (Å²) in [7, 11) is 1.61. The molecule has 0 aliphatic rings. The largest absolute Gasteiger partial charge is 0.504 e. The number of rotatable bonds is 2. The number of halogens is 1. The van der Waals surface area contributed by atoms with Crippen LogP contribution < -0.4 is 0 Å². The first-order valence-corrected chi connectivity index (χ1v) is 3.92. The van der Waals surface area contributed by atoms with Gasteiger partial charge < -0.3 is 4.74 Å². The van der Waals surface area contributed by atoms with E-state index in [2.05, 4.69) is 20.9 Å². The van der Waals surface area contributed by atoms with E-state index in [1.165, 1.54) is 0 Å². The Morgan fingerprint density at radius 2 is 2.36 bits per heavy atom. The van der Waals surface area contributed by atoms with E-state index in [0.717, 1.165) is 10.0 Å². The molecule has 0 N–H and O–H groups in total. The summed E-state index contributed by atoms with van der Waals surface area (Å²) in [5.41, 5.74) is 1.02. The van der Waals surface area contributed by atoms with Gasteiger partial charge in [-0.3, -0.25) is 4.98 Å². The standard InChI is InChI=1S/C8H8BrNO/c1-11-3-2-7-4-8(9)6-10-5-7/h2-6H,1H3. The van der Waals surface area contributed by atoms with Gasteiger partial charge in [0, 0.05) is 16.9 Å². The van der Waals surface area contributed by atoms with Crippen LogP contribution in [0.1, 0.15) is 5.56 Å². The van der Waals surface area contributed by atoms with Crippen molar-refractivity contribution in [1.29, 1.82) is 0 Å². The molecule has 58 valence electrons. The molecule has 0 unspecified atom stereocenters. The fraction of sp³-hybridized carbons (Fsp3) is 0.125. The van der Waals surface area contributed by atoms with E-state index >= 15 is 0 Å². The SMILES string of the molecule is COC=Cc1cncc(Br)c1. The Hall–Kier alpha value is -0.830. The zero-order chi connectivity index (χ0) is 8.10. The molecular weight excluding hydrogens is 206 g/mol. The molecule has 0 aliphatic carbocycles. The van der Waals surface area contributed by atoms with Gasteiger partial charge in [-0.15, -0.1) is 0 Å². The van der Waals surface area contributed by atoms with Crippen LogP contribution in [0.5, 0.6) is 0 Å². The molecule has 1 aromatic rings. The Kier molecular flexibility index (Phi) is 3.11. The molecule has 3 heteroatoms. The van der Waals surface area contributed by atoms with Gasteiger partial charge in [-0.2, -0.15) is 0 Å². The molecule has 1 heterocycles. The first kappa shape index (κ1) is 8.27. The van der Waals surface area contributed by atoms with Crippen molar-refractivity contribution in [1.82, 2.24) is 4.98 Å².